The summed E-state index contributed by atoms with van der Waals surface area (Å²) in [4.78, 5) is 20.8. The summed E-state index contributed by atoms with van der Waals surface area (Å²) in [5, 5.41) is 2.83. The summed E-state index contributed by atoms with van der Waals surface area (Å²) in [5.74, 6) is 0.300. The summed E-state index contributed by atoms with van der Waals surface area (Å²) < 4.78 is 5.82. The fourth-order valence-electron chi connectivity index (χ4n) is 2.60. The number of anilines is 1. The molecule has 0 atom stereocenters. The molecule has 0 aliphatic rings. The molecule has 122 valence electrons. The number of pyridine rings is 1. The van der Waals surface area contributed by atoms with Crippen LogP contribution in [0.5, 0.6) is 0 Å². The van der Waals surface area contributed by atoms with Gasteiger partial charge in [0.05, 0.1) is 0 Å². The second kappa shape index (κ2) is 6.20. The normalized spacial score (nSPS) is 10.8. The highest BCUT2D eigenvalue weighted by Gasteiger charge is 2.11. The zero-order chi connectivity index (χ0) is 17.2. The Balaban J connectivity index is 1.63. The van der Waals surface area contributed by atoms with Gasteiger partial charge in [-0.3, -0.25) is 9.78 Å². The molecule has 0 aliphatic carbocycles. The topological polar surface area (TPSA) is 68.0 Å². The minimum Gasteiger partial charge on any atom is -0.436 e. The van der Waals surface area contributed by atoms with E-state index < -0.39 is 0 Å². The van der Waals surface area contributed by atoms with Gasteiger partial charge >= 0.3 is 0 Å². The molecule has 4 rings (SSSR count). The third-order valence-corrected chi connectivity index (χ3v) is 3.81. The van der Waals surface area contributed by atoms with E-state index in [2.05, 4.69) is 15.3 Å². The van der Waals surface area contributed by atoms with E-state index in [9.17, 15) is 4.79 Å². The van der Waals surface area contributed by atoms with Gasteiger partial charge in [0.15, 0.2) is 5.58 Å². The zero-order valence-corrected chi connectivity index (χ0v) is 13.6. The number of nitrogens with one attached hydrogen (secondary N) is 1. The number of rotatable bonds is 3. The summed E-state index contributed by atoms with van der Waals surface area (Å²) in [6.45, 7) is 2.03. The van der Waals surface area contributed by atoms with Crippen molar-refractivity contribution in [2.75, 3.05) is 5.32 Å². The third kappa shape index (κ3) is 3.12. The molecule has 1 amide bonds. The lowest BCUT2D eigenvalue weighted by Crippen LogP contribution is -2.13. The first-order chi connectivity index (χ1) is 12.2. The fraction of sp³-hybridized carbons (Fsp3) is 0.0500. The molecule has 0 saturated heterocycles. The predicted molar refractivity (Wildman–Crippen MR) is 96.4 cm³/mol. The monoisotopic (exact) mass is 329 g/mol. The first-order valence-electron chi connectivity index (χ1n) is 7.89. The van der Waals surface area contributed by atoms with Crippen LogP contribution < -0.4 is 5.32 Å². The zero-order valence-electron chi connectivity index (χ0n) is 13.6. The quantitative estimate of drug-likeness (QED) is 0.603. The van der Waals surface area contributed by atoms with Gasteiger partial charge in [-0.25, -0.2) is 4.98 Å². The number of carbonyl (C=O) groups excluding carboxylic acids is 1. The van der Waals surface area contributed by atoms with Gasteiger partial charge in [-0.1, -0.05) is 23.8 Å². The molecule has 0 fully saturated rings. The standard InChI is InChI=1S/C20H15N3O2/c1-13-5-4-6-14(11-13)20-23-17-12-15(8-9-18(17)25-20)22-19(24)16-7-2-3-10-21-16/h2-12H,1H3,(H,22,24). The third-order valence-electron chi connectivity index (χ3n) is 3.81. The lowest BCUT2D eigenvalue weighted by molar-refractivity contribution is 0.102. The molecular weight excluding hydrogens is 314 g/mol. The summed E-state index contributed by atoms with van der Waals surface area (Å²) in [6, 6.07) is 18.6. The van der Waals surface area contributed by atoms with E-state index in [0.717, 1.165) is 11.1 Å². The molecule has 1 N–H and O–H groups in total. The molecule has 0 saturated carbocycles. The van der Waals surface area contributed by atoms with E-state index in [4.69, 9.17) is 4.42 Å². The van der Waals surface area contributed by atoms with Gasteiger partial charge in [0, 0.05) is 17.4 Å². The van der Waals surface area contributed by atoms with Crippen molar-refractivity contribution in [3.05, 3.63) is 78.1 Å². The van der Waals surface area contributed by atoms with Crippen molar-refractivity contribution < 1.29 is 9.21 Å². The minimum atomic E-state index is -0.262. The fourth-order valence-corrected chi connectivity index (χ4v) is 2.60. The van der Waals surface area contributed by atoms with Gasteiger partial charge in [-0.05, 0) is 49.4 Å². The maximum absolute atomic E-state index is 12.2. The Morgan fingerprint density at radius 1 is 1.04 bits per heavy atom. The molecule has 2 aromatic heterocycles. The average Bonchev–Trinajstić information content (AvgIpc) is 3.06. The van der Waals surface area contributed by atoms with Gasteiger partial charge < -0.3 is 9.73 Å². The molecule has 0 unspecified atom stereocenters. The number of amides is 1. The summed E-state index contributed by atoms with van der Waals surface area (Å²) in [6.07, 6.45) is 1.59. The molecule has 2 heterocycles. The number of carbonyl (C=O) groups is 1. The second-order valence-electron chi connectivity index (χ2n) is 5.74. The number of fused-ring (bicyclic) bond motifs is 1. The highest BCUT2D eigenvalue weighted by Crippen LogP contribution is 2.26. The van der Waals surface area contributed by atoms with E-state index in [0.29, 0.717) is 28.4 Å². The van der Waals surface area contributed by atoms with Crippen molar-refractivity contribution in [2.24, 2.45) is 0 Å². The number of nitrogens with zero attached hydrogens (tertiary/aromatic N) is 2. The number of oxazole rings is 1. The molecular formula is C20H15N3O2. The SMILES string of the molecule is Cc1cccc(-c2nc3cc(NC(=O)c4ccccn4)ccc3o2)c1. The number of benzene rings is 2. The van der Waals surface area contributed by atoms with Crippen LogP contribution in [0, 0.1) is 6.92 Å². The summed E-state index contributed by atoms with van der Waals surface area (Å²) in [7, 11) is 0. The van der Waals surface area contributed by atoms with Crippen LogP contribution in [0.15, 0.2) is 71.3 Å². The number of aromatic nitrogens is 2. The van der Waals surface area contributed by atoms with Crippen LogP contribution in [-0.2, 0) is 0 Å². The van der Waals surface area contributed by atoms with Crippen molar-refractivity contribution in [1.29, 1.82) is 0 Å². The Kier molecular flexibility index (Phi) is 3.74. The van der Waals surface area contributed by atoms with Gasteiger partial charge in [0.25, 0.3) is 5.91 Å². The van der Waals surface area contributed by atoms with E-state index in [1.807, 2.05) is 31.2 Å². The smallest absolute Gasteiger partial charge is 0.274 e. The lowest BCUT2D eigenvalue weighted by Gasteiger charge is -2.03. The van der Waals surface area contributed by atoms with Crippen LogP contribution >= 0.6 is 0 Å². The Morgan fingerprint density at radius 3 is 2.76 bits per heavy atom. The molecule has 0 radical (unpaired) electrons. The van der Waals surface area contributed by atoms with E-state index >= 15 is 0 Å². The van der Waals surface area contributed by atoms with Gasteiger partial charge in [0.2, 0.25) is 5.89 Å². The average molecular weight is 329 g/mol. The first-order valence-corrected chi connectivity index (χ1v) is 7.89. The molecule has 5 heteroatoms. The molecule has 0 aliphatic heterocycles. The Hall–Kier alpha value is -3.47. The van der Waals surface area contributed by atoms with Gasteiger partial charge in [-0.15, -0.1) is 0 Å². The summed E-state index contributed by atoms with van der Waals surface area (Å²) in [5.41, 5.74) is 4.44. The van der Waals surface area contributed by atoms with Crippen LogP contribution in [-0.4, -0.2) is 15.9 Å². The maximum atomic E-state index is 12.2. The van der Waals surface area contributed by atoms with E-state index in [1.165, 1.54) is 0 Å². The maximum Gasteiger partial charge on any atom is 0.274 e. The number of hydrogen-bond donors (Lipinski definition) is 1. The van der Waals surface area contributed by atoms with E-state index in [1.54, 1.807) is 42.6 Å². The largest absolute Gasteiger partial charge is 0.436 e. The van der Waals surface area contributed by atoms with Gasteiger partial charge in [-0.2, -0.15) is 0 Å². The predicted octanol–water partition coefficient (Wildman–Crippen LogP) is 4.45. The number of aryl methyl sites for hydroxylation is 1. The highest BCUT2D eigenvalue weighted by atomic mass is 16.3. The molecule has 0 spiro atoms. The molecule has 2 aromatic carbocycles. The molecule has 5 nitrogen and oxygen atoms in total. The molecule has 25 heavy (non-hydrogen) atoms. The minimum absolute atomic E-state index is 0.262. The van der Waals surface area contributed by atoms with Crippen molar-refractivity contribution in [1.82, 2.24) is 9.97 Å². The first kappa shape index (κ1) is 15.1. The van der Waals surface area contributed by atoms with Crippen molar-refractivity contribution in [2.45, 2.75) is 6.92 Å². The lowest BCUT2D eigenvalue weighted by atomic mass is 10.1. The molecule has 4 aromatic rings. The van der Waals surface area contributed by atoms with Crippen LogP contribution in [0.2, 0.25) is 0 Å². The number of hydrogen-bond acceptors (Lipinski definition) is 4. The van der Waals surface area contributed by atoms with Crippen molar-refractivity contribution in [3.8, 4) is 11.5 Å². The molecule has 0 bridgehead atoms. The van der Waals surface area contributed by atoms with Crippen LogP contribution in [0.4, 0.5) is 5.69 Å². The highest BCUT2D eigenvalue weighted by molar-refractivity contribution is 6.03. The van der Waals surface area contributed by atoms with Crippen LogP contribution in [0.25, 0.3) is 22.6 Å². The Labute approximate surface area is 144 Å². The van der Waals surface area contributed by atoms with Crippen LogP contribution in [0.1, 0.15) is 16.1 Å². The van der Waals surface area contributed by atoms with Crippen LogP contribution in [0.3, 0.4) is 0 Å². The summed E-state index contributed by atoms with van der Waals surface area (Å²) >= 11 is 0. The van der Waals surface area contributed by atoms with Crippen molar-refractivity contribution >= 4 is 22.7 Å². The Morgan fingerprint density at radius 2 is 1.96 bits per heavy atom. The van der Waals surface area contributed by atoms with Gasteiger partial charge in [0.1, 0.15) is 11.2 Å². The van der Waals surface area contributed by atoms with Crippen molar-refractivity contribution in [3.63, 3.8) is 0 Å². The van der Waals surface area contributed by atoms with E-state index in [-0.39, 0.29) is 5.91 Å². The second-order valence-corrected chi connectivity index (χ2v) is 5.74. The Bertz CT molecular complexity index is 1050.